The highest BCUT2D eigenvalue weighted by atomic mass is 19.1. The van der Waals surface area contributed by atoms with Crippen molar-refractivity contribution in [2.24, 2.45) is 0 Å². The summed E-state index contributed by atoms with van der Waals surface area (Å²) in [5.74, 6) is 0.0158. The van der Waals surface area contributed by atoms with Gasteiger partial charge in [-0.3, -0.25) is 0 Å². The minimum Gasteiger partial charge on any atom is -0.211 e. The van der Waals surface area contributed by atoms with Gasteiger partial charge in [0, 0.05) is 11.6 Å². The maximum atomic E-state index is 14.3. The molecular weight excluding hydrogens is 235 g/mol. The zero-order valence-electron chi connectivity index (χ0n) is 10.7. The van der Waals surface area contributed by atoms with Gasteiger partial charge in [0.1, 0.15) is 5.83 Å². The molecule has 0 N–H and O–H groups in total. The summed E-state index contributed by atoms with van der Waals surface area (Å²) in [6.45, 7) is 0. The van der Waals surface area contributed by atoms with Crippen LogP contribution in [0, 0.1) is 10.4 Å². The van der Waals surface area contributed by atoms with Crippen LogP contribution in [0.25, 0.3) is 11.9 Å². The summed E-state index contributed by atoms with van der Waals surface area (Å²) in [5.41, 5.74) is 2.58. The van der Waals surface area contributed by atoms with E-state index in [1.807, 2.05) is 24.3 Å². The first-order valence-corrected chi connectivity index (χ1v) is 6.93. The lowest BCUT2D eigenvalue weighted by Crippen LogP contribution is -2.21. The van der Waals surface area contributed by atoms with Crippen molar-refractivity contribution in [3.63, 3.8) is 0 Å². The Morgan fingerprint density at radius 2 is 1.68 bits per heavy atom. The van der Waals surface area contributed by atoms with Crippen LogP contribution in [0.15, 0.2) is 36.4 Å². The molecule has 0 saturated carbocycles. The molecule has 0 amide bonds. The fourth-order valence-electron chi connectivity index (χ4n) is 3.39. The van der Waals surface area contributed by atoms with Crippen LogP contribution in [0.2, 0.25) is 0 Å². The lowest BCUT2D eigenvalue weighted by atomic mass is 9.88. The quantitative estimate of drug-likeness (QED) is 0.674. The van der Waals surface area contributed by atoms with E-state index in [1.54, 1.807) is 0 Å². The molecule has 2 aliphatic rings. The van der Waals surface area contributed by atoms with Crippen LogP contribution in [-0.4, -0.2) is 0 Å². The van der Waals surface area contributed by atoms with Gasteiger partial charge in [0.15, 0.2) is 0 Å². The van der Waals surface area contributed by atoms with Crippen LogP contribution < -0.4 is 10.4 Å². The van der Waals surface area contributed by atoms with Crippen LogP contribution in [0.5, 0.6) is 0 Å². The molecule has 0 atom stereocenters. The van der Waals surface area contributed by atoms with Crippen molar-refractivity contribution in [2.45, 2.75) is 25.7 Å². The van der Waals surface area contributed by atoms with E-state index in [-0.39, 0.29) is 5.83 Å². The Bertz CT molecular complexity index is 875. The van der Waals surface area contributed by atoms with Gasteiger partial charge in [-0.1, -0.05) is 42.5 Å². The number of rotatable bonds is 0. The highest BCUT2D eigenvalue weighted by molar-refractivity contribution is 5.51. The van der Waals surface area contributed by atoms with Gasteiger partial charge >= 0.3 is 0 Å². The molecule has 2 aromatic carbocycles. The van der Waals surface area contributed by atoms with E-state index in [1.165, 1.54) is 28.0 Å². The normalized spacial score (nSPS) is 16.2. The predicted octanol–water partition coefficient (Wildman–Crippen LogP) is 2.72. The summed E-state index contributed by atoms with van der Waals surface area (Å²) in [6, 6.07) is 12.2. The third-order valence-electron chi connectivity index (χ3n) is 4.30. The minimum atomic E-state index is 0.0158. The Morgan fingerprint density at radius 3 is 2.58 bits per heavy atom. The molecule has 0 heterocycles. The summed E-state index contributed by atoms with van der Waals surface area (Å²) in [7, 11) is 0. The molecule has 0 saturated heterocycles. The molecule has 19 heavy (non-hydrogen) atoms. The lowest BCUT2D eigenvalue weighted by molar-refractivity contribution is 0.707. The van der Waals surface area contributed by atoms with Crippen LogP contribution in [0.3, 0.4) is 0 Å². The van der Waals surface area contributed by atoms with Gasteiger partial charge in [-0.25, -0.2) is 4.39 Å². The summed E-state index contributed by atoms with van der Waals surface area (Å²) < 4.78 is 14.3. The predicted molar refractivity (Wildman–Crippen MR) is 75.4 cm³/mol. The van der Waals surface area contributed by atoms with E-state index in [0.29, 0.717) is 6.42 Å². The minimum absolute atomic E-state index is 0.0158. The van der Waals surface area contributed by atoms with Crippen LogP contribution in [0.4, 0.5) is 4.39 Å². The molecule has 1 heteroatoms. The SMILES string of the molecule is FC1=c2ccccc2=c2ccc3c(c2C1)CCCC=3. The van der Waals surface area contributed by atoms with Gasteiger partial charge in [0.05, 0.1) is 0 Å². The zero-order chi connectivity index (χ0) is 12.8. The van der Waals surface area contributed by atoms with E-state index in [2.05, 4.69) is 18.2 Å². The number of hydrogen-bond donors (Lipinski definition) is 0. The number of halogens is 1. The van der Waals surface area contributed by atoms with Gasteiger partial charge in [-0.05, 0) is 46.0 Å². The number of fused-ring (bicyclic) bond motifs is 4. The van der Waals surface area contributed by atoms with Crippen LogP contribution in [-0.2, 0) is 12.8 Å². The van der Waals surface area contributed by atoms with Crippen molar-refractivity contribution in [3.05, 3.63) is 68.4 Å². The Morgan fingerprint density at radius 1 is 0.842 bits per heavy atom. The number of benzene rings is 2. The summed E-state index contributed by atoms with van der Waals surface area (Å²) in [5, 5.41) is 4.37. The van der Waals surface area contributed by atoms with E-state index in [9.17, 15) is 4.39 Å². The lowest BCUT2D eigenvalue weighted by Gasteiger charge is -2.17. The van der Waals surface area contributed by atoms with Crippen molar-refractivity contribution in [3.8, 4) is 0 Å². The molecule has 0 fully saturated rings. The average molecular weight is 250 g/mol. The highest BCUT2D eigenvalue weighted by Gasteiger charge is 2.15. The molecule has 2 aromatic rings. The summed E-state index contributed by atoms with van der Waals surface area (Å²) in [6.07, 6.45) is 6.17. The van der Waals surface area contributed by atoms with E-state index < -0.39 is 0 Å². The van der Waals surface area contributed by atoms with E-state index in [0.717, 1.165) is 23.3 Å². The molecule has 0 aromatic heterocycles. The molecular formula is C18H15F. The van der Waals surface area contributed by atoms with Gasteiger partial charge in [-0.2, -0.15) is 0 Å². The first kappa shape index (κ1) is 11.0. The fourth-order valence-corrected chi connectivity index (χ4v) is 3.39. The van der Waals surface area contributed by atoms with Crippen LogP contribution >= 0.6 is 0 Å². The first-order valence-electron chi connectivity index (χ1n) is 6.93. The largest absolute Gasteiger partial charge is 0.211 e. The Hall–Kier alpha value is -1.89. The maximum Gasteiger partial charge on any atom is 0.112 e. The molecule has 0 aliphatic heterocycles. The molecule has 0 bridgehead atoms. The number of hydrogen-bond acceptors (Lipinski definition) is 0. The summed E-state index contributed by atoms with van der Waals surface area (Å²) >= 11 is 0. The van der Waals surface area contributed by atoms with Gasteiger partial charge in [-0.15, -0.1) is 0 Å². The second-order valence-electron chi connectivity index (χ2n) is 5.38. The monoisotopic (exact) mass is 250 g/mol. The van der Waals surface area contributed by atoms with Gasteiger partial charge < -0.3 is 0 Å². The van der Waals surface area contributed by atoms with E-state index >= 15 is 0 Å². The third-order valence-corrected chi connectivity index (χ3v) is 4.30. The Kier molecular flexibility index (Phi) is 2.34. The second kappa shape index (κ2) is 4.06. The maximum absolute atomic E-state index is 14.3. The summed E-state index contributed by atoms with van der Waals surface area (Å²) in [4.78, 5) is 0. The van der Waals surface area contributed by atoms with Crippen molar-refractivity contribution in [1.29, 1.82) is 0 Å². The Balaban J connectivity index is 2.26. The standard InChI is InChI=1S/C18H15F/c19-18-11-17-13-6-2-1-5-12(13)9-10-15(17)14-7-3-4-8-16(14)18/h3-5,7-10H,1-2,6,11H2. The van der Waals surface area contributed by atoms with Crippen molar-refractivity contribution in [1.82, 2.24) is 0 Å². The topological polar surface area (TPSA) is 0 Å². The van der Waals surface area contributed by atoms with Gasteiger partial charge in [0.25, 0.3) is 0 Å². The molecule has 0 unspecified atom stereocenters. The third kappa shape index (κ3) is 1.58. The molecule has 0 nitrogen and oxygen atoms in total. The van der Waals surface area contributed by atoms with Gasteiger partial charge in [0.2, 0.25) is 0 Å². The molecule has 0 spiro atoms. The van der Waals surface area contributed by atoms with Crippen molar-refractivity contribution < 1.29 is 4.39 Å². The smallest absolute Gasteiger partial charge is 0.112 e. The molecule has 4 rings (SSSR count). The zero-order valence-corrected chi connectivity index (χ0v) is 10.7. The first-order chi connectivity index (χ1) is 9.34. The van der Waals surface area contributed by atoms with E-state index in [4.69, 9.17) is 0 Å². The molecule has 0 radical (unpaired) electrons. The van der Waals surface area contributed by atoms with Crippen molar-refractivity contribution in [2.75, 3.05) is 0 Å². The van der Waals surface area contributed by atoms with Crippen LogP contribution in [0.1, 0.15) is 24.0 Å². The highest BCUT2D eigenvalue weighted by Crippen LogP contribution is 2.21. The Labute approximate surface area is 111 Å². The van der Waals surface area contributed by atoms with Crippen molar-refractivity contribution >= 4 is 11.9 Å². The second-order valence-corrected chi connectivity index (χ2v) is 5.38. The fraction of sp³-hybridized carbons (Fsp3) is 0.222. The molecule has 2 aliphatic carbocycles. The average Bonchev–Trinajstić information content (AvgIpc) is 2.47. The molecule has 94 valence electrons.